The third-order valence-corrected chi connectivity index (χ3v) is 5.46. The molecule has 1 aromatic carbocycles. The number of fused-ring (bicyclic) bond motifs is 1. The lowest BCUT2D eigenvalue weighted by molar-refractivity contribution is -0.136. The maximum atomic E-state index is 13.0. The second-order valence-corrected chi connectivity index (χ2v) is 7.16. The van der Waals surface area contributed by atoms with Crippen LogP contribution >= 0.6 is 0 Å². The van der Waals surface area contributed by atoms with Crippen LogP contribution in [-0.2, 0) is 16.1 Å². The van der Waals surface area contributed by atoms with E-state index in [9.17, 15) is 14.4 Å². The van der Waals surface area contributed by atoms with Gasteiger partial charge in [-0.05, 0) is 12.5 Å². The van der Waals surface area contributed by atoms with Gasteiger partial charge < -0.3 is 19.5 Å². The summed E-state index contributed by atoms with van der Waals surface area (Å²) in [5.41, 5.74) is 0.743. The van der Waals surface area contributed by atoms with Crippen LogP contribution in [0.2, 0.25) is 0 Å². The number of anilines is 1. The van der Waals surface area contributed by atoms with Gasteiger partial charge in [-0.25, -0.2) is 9.59 Å². The van der Waals surface area contributed by atoms with Crippen LogP contribution in [0.1, 0.15) is 36.8 Å². The van der Waals surface area contributed by atoms with Crippen LogP contribution in [0, 0.1) is 0 Å². The first-order valence-corrected chi connectivity index (χ1v) is 9.76. The van der Waals surface area contributed by atoms with Crippen LogP contribution in [0.3, 0.4) is 0 Å². The molecule has 9 heteroatoms. The third-order valence-electron chi connectivity index (χ3n) is 5.46. The Kier molecular flexibility index (Phi) is 5.11. The molecule has 0 saturated carbocycles. The number of hydrogen-bond acceptors (Lipinski definition) is 7. The van der Waals surface area contributed by atoms with E-state index >= 15 is 0 Å². The fourth-order valence-electron chi connectivity index (χ4n) is 3.99. The van der Waals surface area contributed by atoms with Crippen LogP contribution in [0.15, 0.2) is 39.1 Å². The fraction of sp³-hybridized carbons (Fsp3) is 0.381. The average Bonchev–Trinajstić information content (AvgIpc) is 3.12. The average molecular weight is 413 g/mol. The van der Waals surface area contributed by atoms with Crippen LogP contribution < -0.4 is 26.0 Å². The topological polar surface area (TPSA) is 112 Å². The molecule has 0 amide bonds. The summed E-state index contributed by atoms with van der Waals surface area (Å²) >= 11 is 0. The molecule has 158 valence electrons. The number of nitrogens with zero attached hydrogens (tertiary/aromatic N) is 1. The molecule has 0 fully saturated rings. The molecule has 0 radical (unpaired) electrons. The zero-order valence-corrected chi connectivity index (χ0v) is 17.0. The van der Waals surface area contributed by atoms with E-state index in [1.54, 1.807) is 25.3 Å². The predicted molar refractivity (Wildman–Crippen MR) is 109 cm³/mol. The molecule has 0 saturated heterocycles. The van der Waals surface area contributed by atoms with E-state index in [-0.39, 0.29) is 12.2 Å². The molecule has 0 aliphatic carbocycles. The molecule has 3 heterocycles. The first-order chi connectivity index (χ1) is 14.5. The molecule has 30 heavy (non-hydrogen) atoms. The van der Waals surface area contributed by atoms with Crippen LogP contribution in [-0.4, -0.2) is 36.3 Å². The highest BCUT2D eigenvalue weighted by Gasteiger charge is 2.42. The predicted octanol–water partition coefficient (Wildman–Crippen LogP) is 1.72. The molecule has 9 nitrogen and oxygen atoms in total. The van der Waals surface area contributed by atoms with E-state index in [0.29, 0.717) is 40.7 Å². The number of methoxy groups -OCH3 is 2. The van der Waals surface area contributed by atoms with Gasteiger partial charge in [-0.3, -0.25) is 14.3 Å². The molecular formula is C21H23N3O6. The third kappa shape index (κ3) is 3.06. The minimum atomic E-state index is -0.746. The summed E-state index contributed by atoms with van der Waals surface area (Å²) in [7, 11) is 3.05. The van der Waals surface area contributed by atoms with Crippen molar-refractivity contribution in [1.29, 1.82) is 0 Å². The second-order valence-electron chi connectivity index (χ2n) is 7.16. The minimum Gasteiger partial charge on any atom is -0.497 e. The van der Waals surface area contributed by atoms with Gasteiger partial charge >= 0.3 is 11.7 Å². The zero-order chi connectivity index (χ0) is 21.4. The molecule has 2 aliphatic rings. The quantitative estimate of drug-likeness (QED) is 0.694. The lowest BCUT2D eigenvalue weighted by Gasteiger charge is -2.29. The number of H-pyrrole nitrogens is 1. The van der Waals surface area contributed by atoms with E-state index in [1.807, 2.05) is 6.92 Å². The minimum absolute atomic E-state index is 0.0529. The SMILES string of the molecule is CCCCn1c2c(c(=O)[nH]c1=O)C(c1ccc(OC)cc1OC)C1=C(COC1=O)N2. The van der Waals surface area contributed by atoms with Gasteiger partial charge in [0.1, 0.15) is 23.9 Å². The summed E-state index contributed by atoms with van der Waals surface area (Å²) < 4.78 is 17.6. The van der Waals surface area contributed by atoms with Gasteiger partial charge in [-0.1, -0.05) is 19.4 Å². The number of nitrogens with one attached hydrogen (secondary N) is 2. The van der Waals surface area contributed by atoms with E-state index in [0.717, 1.165) is 12.8 Å². The van der Waals surface area contributed by atoms with Crippen LogP contribution in [0.5, 0.6) is 11.5 Å². The highest BCUT2D eigenvalue weighted by Crippen LogP contribution is 2.45. The number of benzene rings is 1. The second kappa shape index (κ2) is 7.74. The maximum absolute atomic E-state index is 13.0. The molecule has 1 unspecified atom stereocenters. The monoisotopic (exact) mass is 413 g/mol. The Labute approximate surface area is 172 Å². The van der Waals surface area contributed by atoms with Crippen LogP contribution in [0.4, 0.5) is 5.82 Å². The van der Waals surface area contributed by atoms with Crippen molar-refractivity contribution in [3.8, 4) is 11.5 Å². The summed E-state index contributed by atoms with van der Waals surface area (Å²) in [6.07, 6.45) is 1.64. The van der Waals surface area contributed by atoms with Gasteiger partial charge in [-0.15, -0.1) is 0 Å². The van der Waals surface area contributed by atoms with Gasteiger partial charge in [0.05, 0.1) is 37.0 Å². The van der Waals surface area contributed by atoms with Crippen molar-refractivity contribution >= 4 is 11.8 Å². The smallest absolute Gasteiger partial charge is 0.337 e. The summed E-state index contributed by atoms with van der Waals surface area (Å²) in [5.74, 6) is 0.178. The van der Waals surface area contributed by atoms with Crippen LogP contribution in [0.25, 0.3) is 0 Å². The van der Waals surface area contributed by atoms with Crippen molar-refractivity contribution < 1.29 is 19.0 Å². The Morgan fingerprint density at radius 2 is 2.00 bits per heavy atom. The number of esters is 1. The molecule has 1 atom stereocenters. The Bertz CT molecular complexity index is 1160. The number of carbonyl (C=O) groups is 1. The fourth-order valence-corrected chi connectivity index (χ4v) is 3.99. The van der Waals surface area contributed by atoms with Crippen molar-refractivity contribution in [2.45, 2.75) is 32.2 Å². The Morgan fingerprint density at radius 3 is 2.70 bits per heavy atom. The number of aromatic nitrogens is 2. The summed E-state index contributed by atoms with van der Waals surface area (Å²) in [4.78, 5) is 40.5. The van der Waals surface area contributed by atoms with Crippen molar-refractivity contribution in [2.75, 3.05) is 26.1 Å². The standard InChI is InChI=1S/C21H23N3O6/c1-4-5-8-24-18-17(19(25)23-21(24)27)15(16-13(22-18)10-30-20(16)26)12-7-6-11(28-2)9-14(12)29-3/h6-7,9,15,22H,4-5,8,10H2,1-3H3,(H,23,25,27). The largest absolute Gasteiger partial charge is 0.497 e. The van der Waals surface area contributed by atoms with Crippen molar-refractivity contribution in [3.63, 3.8) is 0 Å². The zero-order valence-electron chi connectivity index (χ0n) is 17.0. The number of aromatic amines is 1. The van der Waals surface area contributed by atoms with E-state index in [4.69, 9.17) is 14.2 Å². The summed E-state index contributed by atoms with van der Waals surface area (Å²) in [6.45, 7) is 2.51. The normalized spacial score (nSPS) is 17.2. The van der Waals surface area contributed by atoms with Gasteiger partial charge in [-0.2, -0.15) is 0 Å². The number of unbranched alkanes of at least 4 members (excludes halogenated alkanes) is 1. The lowest BCUT2D eigenvalue weighted by Crippen LogP contribution is -2.38. The van der Waals surface area contributed by atoms with Gasteiger partial charge in [0, 0.05) is 18.2 Å². The summed E-state index contributed by atoms with van der Waals surface area (Å²) in [6, 6.07) is 5.19. The van der Waals surface area contributed by atoms with Gasteiger partial charge in [0.2, 0.25) is 0 Å². The van der Waals surface area contributed by atoms with E-state index < -0.39 is 23.1 Å². The van der Waals surface area contributed by atoms with Crippen molar-refractivity contribution in [1.82, 2.24) is 9.55 Å². The number of cyclic esters (lactones) is 1. The first kappa shape index (κ1) is 19.8. The molecule has 0 spiro atoms. The molecule has 2 aromatic rings. The van der Waals surface area contributed by atoms with Crippen molar-refractivity contribution in [2.24, 2.45) is 0 Å². The molecule has 2 N–H and O–H groups in total. The van der Waals surface area contributed by atoms with Crippen molar-refractivity contribution in [3.05, 3.63) is 61.4 Å². The molecular weight excluding hydrogens is 390 g/mol. The number of carbonyl (C=O) groups excluding carboxylic acids is 1. The maximum Gasteiger partial charge on any atom is 0.337 e. The van der Waals surface area contributed by atoms with E-state index in [1.165, 1.54) is 11.7 Å². The Hall–Kier alpha value is -3.49. The number of rotatable bonds is 6. The highest BCUT2D eigenvalue weighted by molar-refractivity contribution is 5.97. The Balaban J connectivity index is 2.00. The summed E-state index contributed by atoms with van der Waals surface area (Å²) in [5, 5.41) is 3.12. The van der Waals surface area contributed by atoms with E-state index in [2.05, 4.69) is 10.3 Å². The molecule has 4 rings (SSSR count). The first-order valence-electron chi connectivity index (χ1n) is 9.76. The number of ether oxygens (including phenoxy) is 3. The molecule has 2 aliphatic heterocycles. The number of hydrogen-bond donors (Lipinski definition) is 2. The molecule has 1 aromatic heterocycles. The lowest BCUT2D eigenvalue weighted by atomic mass is 9.82. The van der Waals surface area contributed by atoms with Gasteiger partial charge in [0.25, 0.3) is 5.56 Å². The Morgan fingerprint density at radius 1 is 1.20 bits per heavy atom. The van der Waals surface area contributed by atoms with Gasteiger partial charge in [0.15, 0.2) is 0 Å². The highest BCUT2D eigenvalue weighted by atomic mass is 16.5. The molecule has 0 bridgehead atoms.